The summed E-state index contributed by atoms with van der Waals surface area (Å²) in [6.45, 7) is -0.360. The van der Waals surface area contributed by atoms with Gasteiger partial charge < -0.3 is 14.6 Å². The summed E-state index contributed by atoms with van der Waals surface area (Å²) in [5.41, 5.74) is 0.994. The molecule has 3 aromatic rings. The van der Waals surface area contributed by atoms with E-state index < -0.39 is 32.6 Å². The van der Waals surface area contributed by atoms with E-state index in [0.717, 1.165) is 12.1 Å². The van der Waals surface area contributed by atoms with Gasteiger partial charge in [0, 0.05) is 5.56 Å². The third-order valence-corrected chi connectivity index (χ3v) is 6.57. The topological polar surface area (TPSA) is 115 Å². The van der Waals surface area contributed by atoms with Crippen molar-refractivity contribution in [2.75, 3.05) is 11.8 Å². The summed E-state index contributed by atoms with van der Waals surface area (Å²) in [7, 11) is -2.98. The molecule has 4 rings (SSSR count). The number of nitrogens with zero attached hydrogens (tertiary/aromatic N) is 1. The summed E-state index contributed by atoms with van der Waals surface area (Å²) in [5, 5.41) is 10.3. The number of nitrogens with one attached hydrogen (secondary N) is 1. The number of halogens is 2. The first kappa shape index (κ1) is 21.1. The lowest BCUT2D eigenvalue weighted by atomic mass is 10.0. The molecule has 0 radical (unpaired) electrons. The Bertz CT molecular complexity index is 1330. The summed E-state index contributed by atoms with van der Waals surface area (Å²) < 4.78 is 52.7. The van der Waals surface area contributed by atoms with Crippen LogP contribution in [0.3, 0.4) is 0 Å². The van der Waals surface area contributed by atoms with Crippen molar-refractivity contribution in [3.8, 4) is 22.6 Å². The lowest BCUT2D eigenvalue weighted by molar-refractivity contribution is 0.0467. The molecule has 1 aliphatic rings. The fourth-order valence-corrected chi connectivity index (χ4v) is 4.91. The molecule has 0 fully saturated rings. The Morgan fingerprint density at radius 2 is 1.97 bits per heavy atom. The summed E-state index contributed by atoms with van der Waals surface area (Å²) in [6, 6.07) is 9.43. The average Bonchev–Trinajstić information content (AvgIpc) is 2.73. The van der Waals surface area contributed by atoms with Crippen molar-refractivity contribution < 1.29 is 32.2 Å². The quantitative estimate of drug-likeness (QED) is 0.379. The molecule has 2 aromatic carbocycles. The number of anilines is 1. The van der Waals surface area contributed by atoms with Gasteiger partial charge in [0.2, 0.25) is 5.95 Å². The van der Waals surface area contributed by atoms with Crippen LogP contribution in [-0.4, -0.2) is 31.6 Å². The van der Waals surface area contributed by atoms with Crippen molar-refractivity contribution in [1.29, 1.82) is 0 Å². The molecule has 8 nitrogen and oxygen atoms in total. The van der Waals surface area contributed by atoms with Gasteiger partial charge >= 0.3 is 5.97 Å². The zero-order valence-electron chi connectivity index (χ0n) is 15.8. The van der Waals surface area contributed by atoms with E-state index >= 15 is 0 Å². The standard InChI is InChI=1S/C20H14BrFN2O6S/c1-29-16-4-2-10-7-14(16)24-31(27,28)17-8-11(6-13(21)19(17)25)20(26)30-9-15-12(10)3-5-18(22)23-15/h2-8,24-25H,9H2,1H3. The molecule has 0 saturated carbocycles. The van der Waals surface area contributed by atoms with Crippen LogP contribution in [0.25, 0.3) is 11.1 Å². The second kappa shape index (κ2) is 7.82. The molecule has 0 unspecified atom stereocenters. The molecule has 31 heavy (non-hydrogen) atoms. The summed E-state index contributed by atoms with van der Waals surface area (Å²) in [6.07, 6.45) is 0. The van der Waals surface area contributed by atoms with E-state index in [-0.39, 0.29) is 33.8 Å². The number of aromatic nitrogens is 1. The van der Waals surface area contributed by atoms with Crippen LogP contribution in [0.2, 0.25) is 0 Å². The number of methoxy groups -OCH3 is 1. The first-order valence-corrected chi connectivity index (χ1v) is 11.0. The smallest absolute Gasteiger partial charge is 0.338 e. The first-order valence-electron chi connectivity index (χ1n) is 8.76. The minimum Gasteiger partial charge on any atom is -0.505 e. The number of carbonyl (C=O) groups excluding carboxylic acids is 1. The van der Waals surface area contributed by atoms with Gasteiger partial charge in [0.05, 0.1) is 28.5 Å². The molecule has 0 aliphatic carbocycles. The van der Waals surface area contributed by atoms with Gasteiger partial charge in [0.15, 0.2) is 0 Å². The third kappa shape index (κ3) is 3.93. The maximum absolute atomic E-state index is 13.8. The maximum atomic E-state index is 13.8. The number of benzene rings is 2. The van der Waals surface area contributed by atoms with E-state index in [1.54, 1.807) is 6.07 Å². The zero-order valence-corrected chi connectivity index (χ0v) is 18.3. The number of cyclic esters (lactones) is 1. The highest BCUT2D eigenvalue weighted by molar-refractivity contribution is 9.10. The van der Waals surface area contributed by atoms with Gasteiger partial charge in [-0.05, 0) is 57.9 Å². The molecule has 0 spiro atoms. The highest BCUT2D eigenvalue weighted by Crippen LogP contribution is 2.37. The monoisotopic (exact) mass is 508 g/mol. The Labute approximate surface area is 184 Å². The van der Waals surface area contributed by atoms with Gasteiger partial charge in [-0.3, -0.25) is 4.72 Å². The van der Waals surface area contributed by atoms with Crippen LogP contribution in [0.5, 0.6) is 11.5 Å². The van der Waals surface area contributed by atoms with Gasteiger partial charge in [-0.1, -0.05) is 6.07 Å². The Morgan fingerprint density at radius 3 is 2.71 bits per heavy atom. The zero-order chi connectivity index (χ0) is 22.3. The molecule has 0 atom stereocenters. The van der Waals surface area contributed by atoms with E-state index in [1.165, 1.54) is 31.4 Å². The summed E-state index contributed by atoms with van der Waals surface area (Å²) in [4.78, 5) is 15.8. The normalized spacial score (nSPS) is 14.7. The number of aromatic hydroxyl groups is 1. The van der Waals surface area contributed by atoms with Crippen molar-refractivity contribution >= 4 is 37.6 Å². The van der Waals surface area contributed by atoms with E-state index in [9.17, 15) is 22.7 Å². The van der Waals surface area contributed by atoms with Crippen molar-refractivity contribution in [1.82, 2.24) is 4.98 Å². The first-order chi connectivity index (χ1) is 14.7. The van der Waals surface area contributed by atoms with Crippen molar-refractivity contribution in [3.05, 3.63) is 64.1 Å². The predicted molar refractivity (Wildman–Crippen MR) is 112 cm³/mol. The van der Waals surface area contributed by atoms with Crippen LogP contribution in [0.15, 0.2) is 51.8 Å². The van der Waals surface area contributed by atoms with Crippen LogP contribution in [-0.2, 0) is 21.4 Å². The molecule has 160 valence electrons. The van der Waals surface area contributed by atoms with Crippen LogP contribution in [0.1, 0.15) is 16.1 Å². The maximum Gasteiger partial charge on any atom is 0.338 e. The summed E-state index contributed by atoms with van der Waals surface area (Å²) >= 11 is 3.05. The Balaban J connectivity index is 2.00. The predicted octanol–water partition coefficient (Wildman–Crippen LogP) is 3.84. The number of ether oxygens (including phenoxy) is 2. The molecule has 2 N–H and O–H groups in total. The van der Waals surface area contributed by atoms with Crippen LogP contribution in [0.4, 0.5) is 10.1 Å². The lowest BCUT2D eigenvalue weighted by Gasteiger charge is -2.15. The van der Waals surface area contributed by atoms with Crippen molar-refractivity contribution in [2.45, 2.75) is 11.5 Å². The van der Waals surface area contributed by atoms with E-state index in [1.807, 2.05) is 0 Å². The SMILES string of the molecule is COc1ccc2cc1NS(=O)(=O)c1cc(cc(Br)c1O)C(=O)OCc1nc(F)ccc1-2. The van der Waals surface area contributed by atoms with Crippen molar-refractivity contribution in [3.63, 3.8) is 0 Å². The number of phenols is 1. The minimum absolute atomic E-state index is 0.0255. The molecular formula is C20H14BrFN2O6S. The highest BCUT2D eigenvalue weighted by atomic mass is 79.9. The molecule has 0 amide bonds. The number of fused-ring (bicyclic) bond motifs is 6. The van der Waals surface area contributed by atoms with E-state index in [4.69, 9.17) is 9.47 Å². The number of esters is 1. The molecule has 11 heteroatoms. The van der Waals surface area contributed by atoms with Crippen molar-refractivity contribution in [2.24, 2.45) is 0 Å². The fraction of sp³-hybridized carbons (Fsp3) is 0.100. The van der Waals surface area contributed by atoms with E-state index in [2.05, 4.69) is 25.6 Å². The fourth-order valence-electron chi connectivity index (χ4n) is 3.12. The molecular weight excluding hydrogens is 495 g/mol. The Morgan fingerprint density at radius 1 is 1.19 bits per heavy atom. The van der Waals surface area contributed by atoms with E-state index in [0.29, 0.717) is 11.1 Å². The minimum atomic E-state index is -4.35. The average molecular weight is 509 g/mol. The van der Waals surface area contributed by atoms with Crippen LogP contribution in [0, 0.1) is 5.95 Å². The van der Waals surface area contributed by atoms with Gasteiger partial charge in [0.1, 0.15) is 23.0 Å². The second-order valence-corrected chi connectivity index (χ2v) is 9.03. The molecule has 4 bridgehead atoms. The highest BCUT2D eigenvalue weighted by Gasteiger charge is 2.26. The Kier molecular flexibility index (Phi) is 5.31. The lowest BCUT2D eigenvalue weighted by Crippen LogP contribution is -2.15. The molecule has 0 saturated heterocycles. The number of hydrogen-bond acceptors (Lipinski definition) is 7. The molecule has 1 aliphatic heterocycles. The van der Waals surface area contributed by atoms with Gasteiger partial charge in [-0.15, -0.1) is 0 Å². The second-order valence-electron chi connectivity index (χ2n) is 6.53. The Hall–Kier alpha value is -3.18. The van der Waals surface area contributed by atoms with Gasteiger partial charge in [-0.2, -0.15) is 4.39 Å². The number of rotatable bonds is 1. The summed E-state index contributed by atoms with van der Waals surface area (Å²) in [5.74, 6) is -2.01. The largest absolute Gasteiger partial charge is 0.505 e. The van der Waals surface area contributed by atoms with Gasteiger partial charge in [0.25, 0.3) is 10.0 Å². The molecule has 2 heterocycles. The van der Waals surface area contributed by atoms with Crippen LogP contribution < -0.4 is 9.46 Å². The number of sulfonamides is 1. The van der Waals surface area contributed by atoms with Crippen LogP contribution >= 0.6 is 15.9 Å². The number of pyridine rings is 1. The third-order valence-electron chi connectivity index (χ3n) is 4.59. The van der Waals surface area contributed by atoms with Gasteiger partial charge in [-0.25, -0.2) is 18.2 Å². The number of hydrogen-bond donors (Lipinski definition) is 2. The molecule has 1 aromatic heterocycles. The number of phenolic OH excluding ortho intramolecular Hbond substituents is 1. The number of carbonyl (C=O) groups is 1.